The molecule has 0 fully saturated rings. The van der Waals surface area contributed by atoms with Gasteiger partial charge in [0.25, 0.3) is 0 Å². The van der Waals surface area contributed by atoms with E-state index in [9.17, 15) is 14.4 Å². The average Bonchev–Trinajstić information content (AvgIpc) is 3.23. The number of nitrogens with one attached hydrogen (secondary N) is 3. The zero-order valence-electron chi connectivity index (χ0n) is 20.1. The maximum absolute atomic E-state index is 12.9. The Bertz CT molecular complexity index is 1220. The van der Waals surface area contributed by atoms with Crippen molar-refractivity contribution >= 4 is 23.7 Å². The number of hydrogen-bond donors (Lipinski definition) is 5. The summed E-state index contributed by atoms with van der Waals surface area (Å²) in [5.41, 5.74) is 10.4. The van der Waals surface area contributed by atoms with Gasteiger partial charge in [-0.3, -0.25) is 9.78 Å². The Balaban J connectivity index is 1.40. The highest BCUT2D eigenvalue weighted by atomic mass is 16.5. The predicted molar refractivity (Wildman–Crippen MR) is 138 cm³/mol. The highest BCUT2D eigenvalue weighted by Crippen LogP contribution is 2.44. The summed E-state index contributed by atoms with van der Waals surface area (Å²) >= 11 is 0. The van der Waals surface area contributed by atoms with Crippen LogP contribution < -0.4 is 21.7 Å². The SMILES string of the molecule is NC(=O)NCCC[C@H](NC(=O)OCC1c2ccccc2-c2ccccc21)C(=O)Nc1ccc(CO)nc1. The van der Waals surface area contributed by atoms with E-state index in [1.807, 2.05) is 36.4 Å². The van der Waals surface area contributed by atoms with Gasteiger partial charge in [-0.1, -0.05) is 48.5 Å². The number of carbonyl (C=O) groups is 3. The minimum absolute atomic E-state index is 0.110. The molecule has 0 saturated carbocycles. The Hall–Kier alpha value is -4.44. The van der Waals surface area contributed by atoms with E-state index in [-0.39, 0.29) is 32.1 Å². The molecular weight excluding hydrogens is 474 g/mol. The van der Waals surface area contributed by atoms with Gasteiger partial charge in [0.05, 0.1) is 24.2 Å². The molecule has 10 nitrogen and oxygen atoms in total. The van der Waals surface area contributed by atoms with Crippen LogP contribution in [0.3, 0.4) is 0 Å². The number of fused-ring (bicyclic) bond motifs is 3. The van der Waals surface area contributed by atoms with Gasteiger partial charge >= 0.3 is 12.1 Å². The number of carbonyl (C=O) groups excluding carboxylic acids is 3. The Kier molecular flexibility index (Phi) is 8.32. The standard InChI is InChI=1S/C27H29N5O5/c28-26(35)29-13-5-10-24(25(34)31-17-11-12-18(15-33)30-14-17)32-27(36)37-16-23-21-8-3-1-6-19(21)20-7-2-4-9-22(20)23/h1-4,6-9,11-12,14,23-24,33H,5,10,13,15-16H2,(H,31,34)(H,32,36)(H3,28,29,35)/t24-/m0/s1. The van der Waals surface area contributed by atoms with Crippen LogP contribution in [-0.2, 0) is 16.1 Å². The number of primary amides is 1. The zero-order chi connectivity index (χ0) is 26.2. The fraction of sp³-hybridized carbons (Fsp3) is 0.259. The molecule has 192 valence electrons. The second-order valence-electron chi connectivity index (χ2n) is 8.64. The van der Waals surface area contributed by atoms with Gasteiger partial charge < -0.3 is 31.5 Å². The molecule has 1 aliphatic rings. The molecule has 0 saturated heterocycles. The number of hydrogen-bond acceptors (Lipinski definition) is 6. The minimum Gasteiger partial charge on any atom is -0.449 e. The number of pyridine rings is 1. The number of aliphatic hydroxyl groups excluding tert-OH is 1. The highest BCUT2D eigenvalue weighted by molar-refractivity contribution is 5.96. The number of alkyl carbamates (subject to hydrolysis) is 1. The number of nitrogens with two attached hydrogens (primary N) is 1. The molecule has 0 aliphatic heterocycles. The molecule has 2 aromatic carbocycles. The van der Waals surface area contributed by atoms with Crippen LogP contribution in [0, 0.1) is 0 Å². The van der Waals surface area contributed by atoms with Crippen molar-refractivity contribution in [1.29, 1.82) is 0 Å². The zero-order valence-corrected chi connectivity index (χ0v) is 20.1. The molecule has 1 aliphatic carbocycles. The van der Waals surface area contributed by atoms with Gasteiger partial charge in [-0.2, -0.15) is 0 Å². The predicted octanol–water partition coefficient (Wildman–Crippen LogP) is 2.87. The van der Waals surface area contributed by atoms with Gasteiger partial charge in [0, 0.05) is 12.5 Å². The summed E-state index contributed by atoms with van der Waals surface area (Å²) in [6.45, 7) is 0.148. The summed E-state index contributed by atoms with van der Waals surface area (Å²) in [7, 11) is 0. The smallest absolute Gasteiger partial charge is 0.407 e. The third kappa shape index (κ3) is 6.42. The van der Waals surface area contributed by atoms with E-state index in [0.29, 0.717) is 17.8 Å². The number of anilines is 1. The van der Waals surface area contributed by atoms with Crippen molar-refractivity contribution in [1.82, 2.24) is 15.6 Å². The van der Waals surface area contributed by atoms with E-state index in [4.69, 9.17) is 15.6 Å². The molecule has 0 unspecified atom stereocenters. The lowest BCUT2D eigenvalue weighted by atomic mass is 9.98. The van der Waals surface area contributed by atoms with Crippen LogP contribution in [0.15, 0.2) is 66.9 Å². The number of rotatable bonds is 10. The van der Waals surface area contributed by atoms with Gasteiger partial charge in [-0.05, 0) is 47.2 Å². The van der Waals surface area contributed by atoms with Crippen LogP contribution in [0.5, 0.6) is 0 Å². The molecule has 0 radical (unpaired) electrons. The van der Waals surface area contributed by atoms with Crippen molar-refractivity contribution in [2.45, 2.75) is 31.4 Å². The average molecular weight is 504 g/mol. The van der Waals surface area contributed by atoms with E-state index in [1.165, 1.54) is 6.20 Å². The van der Waals surface area contributed by atoms with Gasteiger partial charge in [-0.25, -0.2) is 9.59 Å². The first-order chi connectivity index (χ1) is 18.0. The minimum atomic E-state index is -0.928. The number of ether oxygens (including phenoxy) is 1. The molecule has 1 heterocycles. The van der Waals surface area contributed by atoms with Crippen molar-refractivity contribution in [3.8, 4) is 11.1 Å². The Morgan fingerprint density at radius 2 is 1.68 bits per heavy atom. The molecule has 4 rings (SSSR count). The summed E-state index contributed by atoms with van der Waals surface area (Å²) < 4.78 is 5.59. The first kappa shape index (κ1) is 25.6. The lowest BCUT2D eigenvalue weighted by Crippen LogP contribution is -2.44. The molecule has 1 atom stereocenters. The largest absolute Gasteiger partial charge is 0.449 e. The number of aliphatic hydroxyl groups is 1. The normalized spacial score (nSPS) is 12.7. The summed E-state index contributed by atoms with van der Waals surface area (Å²) in [6, 6.07) is 17.6. The van der Waals surface area contributed by atoms with Crippen LogP contribution in [0.25, 0.3) is 11.1 Å². The number of aromatic nitrogens is 1. The fourth-order valence-electron chi connectivity index (χ4n) is 4.39. The van der Waals surface area contributed by atoms with Crippen LogP contribution in [0.1, 0.15) is 35.6 Å². The van der Waals surface area contributed by atoms with Crippen molar-refractivity contribution < 1.29 is 24.2 Å². The molecular formula is C27H29N5O5. The van der Waals surface area contributed by atoms with Crippen molar-refractivity contribution in [2.75, 3.05) is 18.5 Å². The van der Waals surface area contributed by atoms with Crippen LogP contribution in [0.2, 0.25) is 0 Å². The number of amides is 4. The molecule has 4 amide bonds. The van der Waals surface area contributed by atoms with Gasteiger partial charge in [0.1, 0.15) is 12.6 Å². The molecule has 10 heteroatoms. The van der Waals surface area contributed by atoms with Crippen molar-refractivity contribution in [3.63, 3.8) is 0 Å². The van der Waals surface area contributed by atoms with E-state index in [0.717, 1.165) is 22.3 Å². The van der Waals surface area contributed by atoms with Crippen LogP contribution in [0.4, 0.5) is 15.3 Å². The van der Waals surface area contributed by atoms with Crippen molar-refractivity contribution in [2.24, 2.45) is 5.73 Å². The van der Waals surface area contributed by atoms with E-state index >= 15 is 0 Å². The van der Waals surface area contributed by atoms with Gasteiger partial charge in [-0.15, -0.1) is 0 Å². The third-order valence-corrected chi connectivity index (χ3v) is 6.18. The first-order valence-electron chi connectivity index (χ1n) is 12.0. The second-order valence-corrected chi connectivity index (χ2v) is 8.64. The fourth-order valence-corrected chi connectivity index (χ4v) is 4.39. The van der Waals surface area contributed by atoms with Crippen LogP contribution >= 0.6 is 0 Å². The maximum atomic E-state index is 12.9. The summed E-state index contributed by atoms with van der Waals surface area (Å²) in [5, 5.41) is 17.0. The second kappa shape index (κ2) is 12.0. The van der Waals surface area contributed by atoms with Crippen LogP contribution in [-0.4, -0.2) is 47.3 Å². The number of urea groups is 1. The first-order valence-corrected chi connectivity index (χ1v) is 12.0. The van der Waals surface area contributed by atoms with Gasteiger partial charge in [0.2, 0.25) is 5.91 Å². The van der Waals surface area contributed by atoms with E-state index in [1.54, 1.807) is 12.1 Å². The van der Waals surface area contributed by atoms with Gasteiger partial charge in [0.15, 0.2) is 0 Å². The topological polar surface area (TPSA) is 156 Å². The number of benzene rings is 2. The summed E-state index contributed by atoms with van der Waals surface area (Å²) in [4.78, 5) is 40.7. The highest BCUT2D eigenvalue weighted by Gasteiger charge is 2.29. The molecule has 37 heavy (non-hydrogen) atoms. The molecule has 0 spiro atoms. The maximum Gasteiger partial charge on any atom is 0.407 e. The third-order valence-electron chi connectivity index (χ3n) is 6.18. The van der Waals surface area contributed by atoms with E-state index in [2.05, 4.69) is 33.1 Å². The lowest BCUT2D eigenvalue weighted by Gasteiger charge is -2.20. The summed E-state index contributed by atoms with van der Waals surface area (Å²) in [5.74, 6) is -0.576. The lowest BCUT2D eigenvalue weighted by molar-refractivity contribution is -0.118. The van der Waals surface area contributed by atoms with E-state index < -0.39 is 24.1 Å². The molecule has 1 aromatic heterocycles. The molecule has 3 aromatic rings. The Morgan fingerprint density at radius 3 is 2.27 bits per heavy atom. The Labute approximate surface area is 214 Å². The number of nitrogens with zero attached hydrogens (tertiary/aromatic N) is 1. The monoisotopic (exact) mass is 503 g/mol. The Morgan fingerprint density at radius 1 is 1.00 bits per heavy atom. The molecule has 0 bridgehead atoms. The molecule has 6 N–H and O–H groups in total. The van der Waals surface area contributed by atoms with Crippen molar-refractivity contribution in [3.05, 3.63) is 83.7 Å². The summed E-state index contributed by atoms with van der Waals surface area (Å²) in [6.07, 6.45) is 1.33. The quantitative estimate of drug-likeness (QED) is 0.268.